The molecule has 0 radical (unpaired) electrons. The van der Waals surface area contributed by atoms with Gasteiger partial charge in [-0.15, -0.1) is 0 Å². The minimum Gasteiger partial charge on any atom is -0.353 e. The molecule has 0 aromatic rings. The van der Waals surface area contributed by atoms with Crippen LogP contribution < -0.4 is 5.32 Å². The third-order valence-corrected chi connectivity index (χ3v) is 5.18. The van der Waals surface area contributed by atoms with Crippen LogP contribution in [0.3, 0.4) is 0 Å². The fraction of sp³-hybridized carbons (Fsp3) is 0.875. The molecule has 0 spiro atoms. The second-order valence-electron chi connectivity index (χ2n) is 7.03. The second-order valence-corrected chi connectivity index (χ2v) is 7.03. The van der Waals surface area contributed by atoms with E-state index >= 15 is 0 Å². The Bertz CT molecular complexity index is 400. The molecule has 2 heterocycles. The van der Waals surface area contributed by atoms with Crippen LogP contribution in [-0.4, -0.2) is 60.9 Å². The first-order chi connectivity index (χ1) is 10.1. The molecular formula is C16H27N3O2. The molecule has 0 aromatic carbocycles. The summed E-state index contributed by atoms with van der Waals surface area (Å²) in [5.41, 5.74) is 0. The van der Waals surface area contributed by atoms with Gasteiger partial charge >= 0.3 is 0 Å². The molecule has 0 aromatic heterocycles. The monoisotopic (exact) mass is 293 g/mol. The Balaban J connectivity index is 1.40. The molecule has 5 heteroatoms. The zero-order valence-corrected chi connectivity index (χ0v) is 13.0. The van der Waals surface area contributed by atoms with Gasteiger partial charge in [0.15, 0.2) is 0 Å². The van der Waals surface area contributed by atoms with Gasteiger partial charge in [-0.1, -0.05) is 0 Å². The summed E-state index contributed by atoms with van der Waals surface area (Å²) in [6.45, 7) is 4.17. The van der Waals surface area contributed by atoms with Gasteiger partial charge < -0.3 is 15.1 Å². The van der Waals surface area contributed by atoms with Crippen LogP contribution in [-0.2, 0) is 9.59 Å². The van der Waals surface area contributed by atoms with E-state index in [1.54, 1.807) is 4.90 Å². The summed E-state index contributed by atoms with van der Waals surface area (Å²) in [6.07, 6.45) is 6.09. The summed E-state index contributed by atoms with van der Waals surface area (Å²) in [4.78, 5) is 28.2. The molecule has 2 aliphatic heterocycles. The van der Waals surface area contributed by atoms with Gasteiger partial charge in [-0.05, 0) is 38.0 Å². The summed E-state index contributed by atoms with van der Waals surface area (Å²) in [5.74, 6) is 1.03. The summed E-state index contributed by atoms with van der Waals surface area (Å²) < 4.78 is 0. The highest BCUT2D eigenvalue weighted by atomic mass is 16.2. The number of rotatable bonds is 4. The van der Waals surface area contributed by atoms with Crippen molar-refractivity contribution in [1.82, 2.24) is 15.1 Å². The Labute approximate surface area is 127 Å². The largest absolute Gasteiger partial charge is 0.353 e. The maximum atomic E-state index is 12.3. The molecule has 3 rings (SSSR count). The van der Waals surface area contributed by atoms with E-state index in [0.29, 0.717) is 19.0 Å². The summed E-state index contributed by atoms with van der Waals surface area (Å²) in [7, 11) is 1.81. The van der Waals surface area contributed by atoms with E-state index in [1.807, 2.05) is 7.05 Å². The summed E-state index contributed by atoms with van der Waals surface area (Å²) in [5, 5.41) is 3.18. The lowest BCUT2D eigenvalue weighted by Gasteiger charge is -2.34. The maximum absolute atomic E-state index is 12.3. The van der Waals surface area contributed by atoms with Gasteiger partial charge in [-0.2, -0.15) is 0 Å². The third-order valence-electron chi connectivity index (χ3n) is 5.18. The Morgan fingerprint density at radius 2 is 1.86 bits per heavy atom. The van der Waals surface area contributed by atoms with Gasteiger partial charge in [0.25, 0.3) is 0 Å². The fourth-order valence-corrected chi connectivity index (χ4v) is 3.41. The van der Waals surface area contributed by atoms with Crippen molar-refractivity contribution < 1.29 is 9.59 Å². The van der Waals surface area contributed by atoms with Gasteiger partial charge in [0.05, 0.1) is 0 Å². The van der Waals surface area contributed by atoms with Crippen LogP contribution in [0.2, 0.25) is 0 Å². The number of nitrogens with one attached hydrogen (secondary N) is 1. The van der Waals surface area contributed by atoms with Crippen LogP contribution in [0.5, 0.6) is 0 Å². The first-order valence-electron chi connectivity index (χ1n) is 8.38. The van der Waals surface area contributed by atoms with Crippen LogP contribution in [0.15, 0.2) is 0 Å². The molecule has 2 saturated heterocycles. The summed E-state index contributed by atoms with van der Waals surface area (Å²) in [6, 6.07) is 0.308. The molecule has 2 amide bonds. The molecule has 1 N–H and O–H groups in total. The fourth-order valence-electron chi connectivity index (χ4n) is 3.41. The molecular weight excluding hydrogens is 266 g/mol. The van der Waals surface area contributed by atoms with Crippen LogP contribution >= 0.6 is 0 Å². The molecule has 118 valence electrons. The van der Waals surface area contributed by atoms with E-state index in [-0.39, 0.29) is 17.7 Å². The third kappa shape index (κ3) is 3.96. The molecule has 1 aliphatic carbocycles. The number of carbonyl (C=O) groups is 2. The number of likely N-dealkylation sites (tertiary alicyclic amines) is 2. The number of nitrogens with zero attached hydrogens (tertiary/aromatic N) is 2. The molecule has 0 bridgehead atoms. The highest BCUT2D eigenvalue weighted by Crippen LogP contribution is 2.30. The van der Waals surface area contributed by atoms with Crippen molar-refractivity contribution in [1.29, 1.82) is 0 Å². The van der Waals surface area contributed by atoms with Crippen LogP contribution in [0.4, 0.5) is 0 Å². The molecule has 3 aliphatic rings. The minimum atomic E-state index is -0.113. The topological polar surface area (TPSA) is 52.7 Å². The number of piperidine rings is 2. The van der Waals surface area contributed by atoms with E-state index in [0.717, 1.165) is 38.3 Å². The van der Waals surface area contributed by atoms with Crippen molar-refractivity contribution in [2.75, 3.05) is 33.2 Å². The van der Waals surface area contributed by atoms with E-state index < -0.39 is 0 Å². The minimum absolute atomic E-state index is 0.0945. The SMILES string of the molecule is CN1CC[C@H](C(=O)NC2CCN(CC3CC3)CC2)CC1=O. The van der Waals surface area contributed by atoms with Crippen LogP contribution in [0.25, 0.3) is 0 Å². The predicted octanol–water partition coefficient (Wildman–Crippen LogP) is 0.845. The highest BCUT2D eigenvalue weighted by molar-refractivity contribution is 5.86. The Hall–Kier alpha value is -1.10. The predicted molar refractivity (Wildman–Crippen MR) is 80.7 cm³/mol. The smallest absolute Gasteiger partial charge is 0.223 e. The molecule has 1 atom stereocenters. The van der Waals surface area contributed by atoms with Gasteiger partial charge in [-0.3, -0.25) is 9.59 Å². The van der Waals surface area contributed by atoms with Crippen molar-refractivity contribution in [3.63, 3.8) is 0 Å². The van der Waals surface area contributed by atoms with E-state index in [1.165, 1.54) is 19.4 Å². The second kappa shape index (κ2) is 6.34. The lowest BCUT2D eigenvalue weighted by molar-refractivity contribution is -0.139. The van der Waals surface area contributed by atoms with E-state index in [2.05, 4.69) is 10.2 Å². The lowest BCUT2D eigenvalue weighted by atomic mass is 9.94. The van der Waals surface area contributed by atoms with Crippen molar-refractivity contribution >= 4 is 11.8 Å². The lowest BCUT2D eigenvalue weighted by Crippen LogP contribution is -2.48. The van der Waals surface area contributed by atoms with Crippen molar-refractivity contribution in [2.45, 2.75) is 44.6 Å². The molecule has 0 unspecified atom stereocenters. The number of carbonyl (C=O) groups excluding carboxylic acids is 2. The van der Waals surface area contributed by atoms with E-state index in [9.17, 15) is 9.59 Å². The average Bonchev–Trinajstić information content (AvgIpc) is 3.28. The Morgan fingerprint density at radius 3 is 2.48 bits per heavy atom. The average molecular weight is 293 g/mol. The molecule has 1 saturated carbocycles. The van der Waals surface area contributed by atoms with Crippen LogP contribution in [0.1, 0.15) is 38.5 Å². The van der Waals surface area contributed by atoms with Gasteiger partial charge in [0.2, 0.25) is 11.8 Å². The van der Waals surface area contributed by atoms with Crippen molar-refractivity contribution in [3.05, 3.63) is 0 Å². The quantitative estimate of drug-likeness (QED) is 0.836. The maximum Gasteiger partial charge on any atom is 0.223 e. The van der Waals surface area contributed by atoms with Crippen LogP contribution in [0, 0.1) is 11.8 Å². The van der Waals surface area contributed by atoms with Crippen molar-refractivity contribution in [3.8, 4) is 0 Å². The normalized spacial score (nSPS) is 28.7. The molecule has 5 nitrogen and oxygen atoms in total. The number of hydrogen-bond donors (Lipinski definition) is 1. The van der Waals surface area contributed by atoms with Gasteiger partial charge in [0, 0.05) is 51.6 Å². The zero-order chi connectivity index (χ0) is 14.8. The van der Waals surface area contributed by atoms with Gasteiger partial charge in [0.1, 0.15) is 0 Å². The Kier molecular flexibility index (Phi) is 4.48. The van der Waals surface area contributed by atoms with Gasteiger partial charge in [-0.25, -0.2) is 0 Å². The number of hydrogen-bond acceptors (Lipinski definition) is 3. The first-order valence-corrected chi connectivity index (χ1v) is 8.38. The highest BCUT2D eigenvalue weighted by Gasteiger charge is 2.31. The first kappa shape index (κ1) is 14.8. The van der Waals surface area contributed by atoms with E-state index in [4.69, 9.17) is 0 Å². The molecule has 21 heavy (non-hydrogen) atoms. The zero-order valence-electron chi connectivity index (χ0n) is 13.0. The number of amides is 2. The standard InChI is InChI=1S/C16H27N3O2/c1-18-7-4-13(10-15(18)20)16(21)17-14-5-8-19(9-6-14)11-12-2-3-12/h12-14H,2-11H2,1H3,(H,17,21)/t13-/m0/s1. The van der Waals surface area contributed by atoms with Crippen molar-refractivity contribution in [2.24, 2.45) is 11.8 Å². The summed E-state index contributed by atoms with van der Waals surface area (Å²) >= 11 is 0. The Morgan fingerprint density at radius 1 is 1.14 bits per heavy atom. The molecule has 3 fully saturated rings.